The summed E-state index contributed by atoms with van der Waals surface area (Å²) < 4.78 is 27.1. The molecule has 0 fully saturated rings. The quantitative estimate of drug-likeness (QED) is 0.945. The topological polar surface area (TPSA) is 57.6 Å². The summed E-state index contributed by atoms with van der Waals surface area (Å²) in [6.07, 6.45) is 1.74. The first-order valence-corrected chi connectivity index (χ1v) is 9.15. The molecule has 0 atom stereocenters. The fourth-order valence-electron chi connectivity index (χ4n) is 2.65. The van der Waals surface area contributed by atoms with Crippen molar-refractivity contribution < 1.29 is 13.5 Å². The second-order valence-corrected chi connectivity index (χ2v) is 8.08. The normalized spacial score (nSPS) is 15.0. The van der Waals surface area contributed by atoms with Crippen LogP contribution in [0.3, 0.4) is 0 Å². The molecule has 0 unspecified atom stereocenters. The summed E-state index contributed by atoms with van der Waals surface area (Å²) in [6.45, 7) is 2.39. The van der Waals surface area contributed by atoms with E-state index < -0.39 is 10.0 Å². The first-order chi connectivity index (χ1) is 10.0. The van der Waals surface area contributed by atoms with Crippen molar-refractivity contribution in [3.8, 4) is 0 Å². The number of aliphatic hydroxyl groups is 1. The van der Waals surface area contributed by atoms with Crippen molar-refractivity contribution in [1.82, 2.24) is 0 Å². The van der Waals surface area contributed by atoms with E-state index in [1.54, 1.807) is 11.4 Å². The van der Waals surface area contributed by atoms with E-state index in [0.717, 1.165) is 29.7 Å². The fraction of sp³-hybridized carbons (Fsp3) is 0.333. The average molecular weight is 323 g/mol. The van der Waals surface area contributed by atoms with Gasteiger partial charge in [-0.3, -0.25) is 4.31 Å². The summed E-state index contributed by atoms with van der Waals surface area (Å²) in [7, 11) is -3.54. The number of aliphatic hydroxyl groups excluding tert-OH is 1. The first kappa shape index (κ1) is 14.6. The van der Waals surface area contributed by atoms with Crippen molar-refractivity contribution >= 4 is 27.0 Å². The number of hydrogen-bond donors (Lipinski definition) is 1. The van der Waals surface area contributed by atoms with Gasteiger partial charge in [-0.1, -0.05) is 17.7 Å². The number of nitrogens with zero attached hydrogens (tertiary/aromatic N) is 1. The molecule has 1 aliphatic rings. The summed E-state index contributed by atoms with van der Waals surface area (Å²) >= 11 is 1.27. The molecule has 21 heavy (non-hydrogen) atoms. The maximum absolute atomic E-state index is 12.8. The molecule has 6 heteroatoms. The maximum Gasteiger partial charge on any atom is 0.265 e. The van der Waals surface area contributed by atoms with Gasteiger partial charge in [0.1, 0.15) is 0 Å². The average Bonchev–Trinajstić information content (AvgIpc) is 2.96. The van der Waals surface area contributed by atoms with Gasteiger partial charge in [0.2, 0.25) is 0 Å². The molecule has 1 aromatic carbocycles. The van der Waals surface area contributed by atoms with Crippen molar-refractivity contribution in [2.75, 3.05) is 10.8 Å². The van der Waals surface area contributed by atoms with Gasteiger partial charge in [-0.2, -0.15) is 0 Å². The molecule has 4 nitrogen and oxygen atoms in total. The van der Waals surface area contributed by atoms with Crippen LogP contribution in [0.25, 0.3) is 0 Å². The van der Waals surface area contributed by atoms with Crippen molar-refractivity contribution in [2.24, 2.45) is 0 Å². The Kier molecular flexibility index (Phi) is 3.77. The molecule has 0 amide bonds. The molecule has 1 aliphatic heterocycles. The molecular weight excluding hydrogens is 306 g/mol. The van der Waals surface area contributed by atoms with Crippen LogP contribution in [0.1, 0.15) is 22.4 Å². The molecule has 2 heterocycles. The minimum atomic E-state index is -3.54. The van der Waals surface area contributed by atoms with Crippen LogP contribution in [-0.4, -0.2) is 20.1 Å². The minimum absolute atomic E-state index is 0.129. The van der Waals surface area contributed by atoms with Crippen LogP contribution in [0.5, 0.6) is 0 Å². The Morgan fingerprint density at radius 2 is 2.14 bits per heavy atom. The van der Waals surface area contributed by atoms with Crippen molar-refractivity contribution in [3.63, 3.8) is 0 Å². The fourth-order valence-corrected chi connectivity index (χ4v) is 5.31. The number of fused-ring (bicyclic) bond motifs is 1. The van der Waals surface area contributed by atoms with Gasteiger partial charge in [0, 0.05) is 16.8 Å². The van der Waals surface area contributed by atoms with Gasteiger partial charge in [0.05, 0.1) is 17.2 Å². The first-order valence-electron chi connectivity index (χ1n) is 6.83. The lowest BCUT2D eigenvalue weighted by atomic mass is 10.0. The molecule has 1 N–H and O–H groups in total. The summed E-state index contributed by atoms with van der Waals surface area (Å²) in [4.78, 5) is 0.930. The van der Waals surface area contributed by atoms with Gasteiger partial charge >= 0.3 is 0 Å². The van der Waals surface area contributed by atoms with E-state index in [2.05, 4.69) is 6.07 Å². The van der Waals surface area contributed by atoms with Crippen molar-refractivity contribution in [2.45, 2.75) is 31.3 Å². The Morgan fingerprint density at radius 1 is 1.33 bits per heavy atom. The molecular formula is C15H17NO3S2. The molecule has 2 aromatic rings. The maximum atomic E-state index is 12.8. The highest BCUT2D eigenvalue weighted by molar-refractivity contribution is 7.93. The number of anilines is 1. The zero-order valence-electron chi connectivity index (χ0n) is 11.7. The Labute approximate surface area is 128 Å². The summed E-state index contributed by atoms with van der Waals surface area (Å²) in [5, 5.41) is 10.7. The van der Waals surface area contributed by atoms with E-state index >= 15 is 0 Å². The number of rotatable bonds is 3. The van der Waals surface area contributed by atoms with E-state index in [-0.39, 0.29) is 11.5 Å². The molecule has 0 saturated carbocycles. The van der Waals surface area contributed by atoms with E-state index in [4.69, 9.17) is 5.11 Å². The monoisotopic (exact) mass is 323 g/mol. The third-order valence-electron chi connectivity index (χ3n) is 3.68. The number of thiophene rings is 1. The van der Waals surface area contributed by atoms with Crippen LogP contribution in [-0.2, 0) is 23.1 Å². The second-order valence-electron chi connectivity index (χ2n) is 5.22. The predicted molar refractivity (Wildman–Crippen MR) is 84.3 cm³/mol. The third-order valence-corrected chi connectivity index (χ3v) is 6.55. The number of sulfonamides is 1. The Hall–Kier alpha value is -1.37. The van der Waals surface area contributed by atoms with Gasteiger partial charge in [-0.15, -0.1) is 11.3 Å². The predicted octanol–water partition coefficient (Wildman–Crippen LogP) is 2.69. The number of hydrogen-bond acceptors (Lipinski definition) is 4. The number of aryl methyl sites for hydroxylation is 2. The zero-order chi connectivity index (χ0) is 15.0. The van der Waals surface area contributed by atoms with E-state index in [1.807, 2.05) is 19.1 Å². The Bertz CT molecular complexity index is 765. The highest BCUT2D eigenvalue weighted by Gasteiger charge is 2.29. The lowest BCUT2D eigenvalue weighted by Crippen LogP contribution is -2.35. The Morgan fingerprint density at radius 3 is 2.86 bits per heavy atom. The standard InChI is InChI=1S/C15H17NO3S2/c1-11-4-5-15-12(7-11)3-2-6-16(15)21(18,19)14-8-13(9-17)20-10-14/h4-5,7-8,10,17H,2-3,6,9H2,1H3. The van der Waals surface area contributed by atoms with E-state index in [0.29, 0.717) is 11.4 Å². The van der Waals surface area contributed by atoms with Crippen LogP contribution < -0.4 is 4.31 Å². The summed E-state index contributed by atoms with van der Waals surface area (Å²) in [5.74, 6) is 0. The van der Waals surface area contributed by atoms with Gasteiger partial charge < -0.3 is 5.11 Å². The SMILES string of the molecule is Cc1ccc2c(c1)CCCN2S(=O)(=O)c1csc(CO)c1. The van der Waals surface area contributed by atoms with Crippen molar-refractivity contribution in [1.29, 1.82) is 0 Å². The highest BCUT2D eigenvalue weighted by Crippen LogP contribution is 2.33. The lowest BCUT2D eigenvalue weighted by Gasteiger charge is -2.30. The summed E-state index contributed by atoms with van der Waals surface area (Å²) in [5.41, 5.74) is 3.01. The molecule has 112 valence electrons. The zero-order valence-corrected chi connectivity index (χ0v) is 13.4. The third kappa shape index (κ3) is 2.59. The van der Waals surface area contributed by atoms with E-state index in [1.165, 1.54) is 15.6 Å². The van der Waals surface area contributed by atoms with Gasteiger partial charge in [0.25, 0.3) is 10.0 Å². The Balaban J connectivity index is 2.05. The van der Waals surface area contributed by atoms with Crippen molar-refractivity contribution in [3.05, 3.63) is 45.6 Å². The molecule has 1 aromatic heterocycles. The van der Waals surface area contributed by atoms with Crippen LogP contribution in [0.4, 0.5) is 5.69 Å². The highest BCUT2D eigenvalue weighted by atomic mass is 32.2. The molecule has 3 rings (SSSR count). The smallest absolute Gasteiger partial charge is 0.265 e. The molecule has 0 radical (unpaired) electrons. The molecule has 0 spiro atoms. The largest absolute Gasteiger partial charge is 0.391 e. The molecule has 0 bridgehead atoms. The van der Waals surface area contributed by atoms with Crippen LogP contribution in [0.15, 0.2) is 34.5 Å². The number of benzene rings is 1. The molecule has 0 aliphatic carbocycles. The minimum Gasteiger partial charge on any atom is -0.391 e. The van der Waals surface area contributed by atoms with Gasteiger partial charge in [-0.05, 0) is 37.5 Å². The lowest BCUT2D eigenvalue weighted by molar-refractivity contribution is 0.285. The van der Waals surface area contributed by atoms with E-state index in [9.17, 15) is 8.42 Å². The second kappa shape index (κ2) is 5.44. The van der Waals surface area contributed by atoms with Gasteiger partial charge in [-0.25, -0.2) is 8.42 Å². The van der Waals surface area contributed by atoms with Crippen LogP contribution >= 0.6 is 11.3 Å². The van der Waals surface area contributed by atoms with Gasteiger partial charge in [0.15, 0.2) is 0 Å². The summed E-state index contributed by atoms with van der Waals surface area (Å²) in [6, 6.07) is 7.45. The molecule has 0 saturated heterocycles. The van der Waals surface area contributed by atoms with Crippen LogP contribution in [0.2, 0.25) is 0 Å². The van der Waals surface area contributed by atoms with Crippen LogP contribution in [0, 0.1) is 6.92 Å².